The van der Waals surface area contributed by atoms with E-state index in [1.807, 2.05) is 42.5 Å². The van der Waals surface area contributed by atoms with Crippen LogP contribution in [0, 0.1) is 5.82 Å². The molecule has 1 fully saturated rings. The first-order chi connectivity index (χ1) is 17.6. The summed E-state index contributed by atoms with van der Waals surface area (Å²) in [7, 11) is 3.38. The van der Waals surface area contributed by atoms with Crippen LogP contribution in [-0.4, -0.2) is 54.3 Å². The van der Waals surface area contributed by atoms with Crippen LogP contribution in [0.5, 0.6) is 11.5 Å². The van der Waals surface area contributed by atoms with E-state index in [0.29, 0.717) is 12.6 Å². The summed E-state index contributed by atoms with van der Waals surface area (Å²) in [6.07, 6.45) is 3.05. The molecular formula is C29H34ClFN4O2. The van der Waals surface area contributed by atoms with Gasteiger partial charge in [0.25, 0.3) is 0 Å². The molecule has 0 bridgehead atoms. The summed E-state index contributed by atoms with van der Waals surface area (Å²) >= 11 is 0. The van der Waals surface area contributed by atoms with Crippen LogP contribution in [0.4, 0.5) is 10.3 Å². The van der Waals surface area contributed by atoms with Gasteiger partial charge in [-0.2, -0.15) is 0 Å². The number of methoxy groups -OCH3 is 2. The third-order valence-electron chi connectivity index (χ3n) is 7.02. The molecule has 0 saturated carbocycles. The Morgan fingerprint density at radius 1 is 0.973 bits per heavy atom. The van der Waals surface area contributed by atoms with Crippen molar-refractivity contribution in [3.05, 3.63) is 83.7 Å². The fourth-order valence-corrected chi connectivity index (χ4v) is 4.94. The number of ether oxygens (including phenoxy) is 2. The van der Waals surface area contributed by atoms with Crippen LogP contribution in [0.1, 0.15) is 24.0 Å². The maximum Gasteiger partial charge on any atom is 0.204 e. The molecular weight excluding hydrogens is 491 g/mol. The number of hydrogen-bond acceptors (Lipinski definition) is 5. The molecule has 196 valence electrons. The molecule has 6 nitrogen and oxygen atoms in total. The molecule has 0 radical (unpaired) electrons. The quantitative estimate of drug-likeness (QED) is 0.301. The van der Waals surface area contributed by atoms with Crippen molar-refractivity contribution in [1.82, 2.24) is 14.5 Å². The van der Waals surface area contributed by atoms with Gasteiger partial charge in [0, 0.05) is 31.7 Å². The molecule has 1 aliphatic rings. The second-order valence-corrected chi connectivity index (χ2v) is 9.32. The topological polar surface area (TPSA) is 51.5 Å². The Morgan fingerprint density at radius 3 is 2.46 bits per heavy atom. The van der Waals surface area contributed by atoms with Crippen LogP contribution >= 0.6 is 12.4 Å². The molecule has 1 N–H and O–H groups in total. The fourth-order valence-electron chi connectivity index (χ4n) is 4.94. The van der Waals surface area contributed by atoms with Gasteiger partial charge >= 0.3 is 0 Å². The Labute approximate surface area is 223 Å². The van der Waals surface area contributed by atoms with Gasteiger partial charge in [-0.3, -0.25) is 0 Å². The lowest BCUT2D eigenvalue weighted by Gasteiger charge is -2.32. The van der Waals surface area contributed by atoms with Crippen molar-refractivity contribution < 1.29 is 13.9 Å². The molecule has 0 unspecified atom stereocenters. The van der Waals surface area contributed by atoms with Crippen LogP contribution in [0.2, 0.25) is 0 Å². The van der Waals surface area contributed by atoms with Crippen molar-refractivity contribution >= 4 is 29.4 Å². The predicted octanol–water partition coefficient (Wildman–Crippen LogP) is 5.78. The first-order valence-corrected chi connectivity index (χ1v) is 12.5. The predicted molar refractivity (Wildman–Crippen MR) is 149 cm³/mol. The minimum Gasteiger partial charge on any atom is -0.497 e. The fraction of sp³-hybridized carbons (Fsp3) is 0.345. The van der Waals surface area contributed by atoms with Gasteiger partial charge in [0.15, 0.2) is 0 Å². The molecule has 0 spiro atoms. The van der Waals surface area contributed by atoms with Gasteiger partial charge in [0.2, 0.25) is 5.95 Å². The summed E-state index contributed by atoms with van der Waals surface area (Å²) in [5, 5.41) is 3.71. The lowest BCUT2D eigenvalue weighted by atomic mass is 10.0. The van der Waals surface area contributed by atoms with Crippen LogP contribution in [-0.2, 0) is 13.0 Å². The number of fused-ring (bicyclic) bond motifs is 1. The zero-order valence-electron chi connectivity index (χ0n) is 21.3. The number of aromatic nitrogens is 2. The molecule has 8 heteroatoms. The average molecular weight is 525 g/mol. The van der Waals surface area contributed by atoms with Crippen molar-refractivity contribution in [3.8, 4) is 11.5 Å². The highest BCUT2D eigenvalue weighted by Crippen LogP contribution is 2.26. The number of likely N-dealkylation sites (tertiary alicyclic amines) is 1. The molecule has 0 atom stereocenters. The van der Waals surface area contributed by atoms with Gasteiger partial charge in [-0.05, 0) is 60.7 Å². The minimum atomic E-state index is -0.218. The molecule has 5 rings (SSSR count). The van der Waals surface area contributed by atoms with Crippen molar-refractivity contribution in [1.29, 1.82) is 0 Å². The molecule has 0 aliphatic carbocycles. The summed E-state index contributed by atoms with van der Waals surface area (Å²) in [6, 6.07) is 21.3. The van der Waals surface area contributed by atoms with E-state index in [1.54, 1.807) is 14.2 Å². The summed E-state index contributed by atoms with van der Waals surface area (Å²) in [5.41, 5.74) is 4.29. The third-order valence-corrected chi connectivity index (χ3v) is 7.02. The summed E-state index contributed by atoms with van der Waals surface area (Å²) in [5.74, 6) is 2.35. The van der Waals surface area contributed by atoms with Crippen LogP contribution in [0.25, 0.3) is 11.0 Å². The first-order valence-electron chi connectivity index (χ1n) is 12.5. The summed E-state index contributed by atoms with van der Waals surface area (Å²) in [4.78, 5) is 7.41. The van der Waals surface area contributed by atoms with E-state index >= 15 is 0 Å². The summed E-state index contributed by atoms with van der Waals surface area (Å²) in [6.45, 7) is 3.72. The number of halogens is 2. The molecule has 1 aliphatic heterocycles. The second-order valence-electron chi connectivity index (χ2n) is 9.32. The van der Waals surface area contributed by atoms with E-state index in [2.05, 4.69) is 26.9 Å². The number of piperidine rings is 1. The first kappa shape index (κ1) is 26.8. The number of anilines is 1. The number of hydrogen-bond donors (Lipinski definition) is 1. The van der Waals surface area contributed by atoms with Gasteiger partial charge in [0.1, 0.15) is 17.3 Å². The number of rotatable bonds is 9. The lowest BCUT2D eigenvalue weighted by molar-refractivity contribution is 0.220. The van der Waals surface area contributed by atoms with Gasteiger partial charge in [0.05, 0.1) is 31.8 Å². The van der Waals surface area contributed by atoms with Gasteiger partial charge in [-0.25, -0.2) is 9.37 Å². The standard InChI is InChI=1S/C29H33FN4O2.ClH/c1-35-25-12-9-22(28(19-25)36-2)13-16-33-17-14-24(15-18-33)31-29-32-26-5-3-4-6-27(26)34(29)20-21-7-10-23(30)11-8-21;/h3-12,19,24H,13-18,20H2,1-2H3,(H,31,32);1H. The Bertz CT molecular complexity index is 1300. The zero-order valence-corrected chi connectivity index (χ0v) is 22.1. The minimum absolute atomic E-state index is 0. The van der Waals surface area contributed by atoms with Crippen LogP contribution in [0.3, 0.4) is 0 Å². The number of benzene rings is 3. The highest BCUT2D eigenvalue weighted by molar-refractivity contribution is 5.85. The number of para-hydroxylation sites is 2. The normalized spacial score (nSPS) is 14.4. The van der Waals surface area contributed by atoms with Crippen molar-refractivity contribution in [2.24, 2.45) is 0 Å². The Morgan fingerprint density at radius 2 is 1.73 bits per heavy atom. The van der Waals surface area contributed by atoms with E-state index in [9.17, 15) is 4.39 Å². The number of imidazole rings is 1. The van der Waals surface area contributed by atoms with Gasteiger partial charge in [-0.15, -0.1) is 12.4 Å². The van der Waals surface area contributed by atoms with Crippen molar-refractivity contribution in [3.63, 3.8) is 0 Å². The van der Waals surface area contributed by atoms with Crippen molar-refractivity contribution in [2.75, 3.05) is 39.2 Å². The van der Waals surface area contributed by atoms with E-state index in [4.69, 9.17) is 14.5 Å². The number of nitrogens with zero attached hydrogens (tertiary/aromatic N) is 3. The molecule has 0 amide bonds. The van der Waals surface area contributed by atoms with Gasteiger partial charge in [-0.1, -0.05) is 30.3 Å². The third kappa shape index (κ3) is 6.35. The maximum absolute atomic E-state index is 13.4. The summed E-state index contributed by atoms with van der Waals surface area (Å²) < 4.78 is 26.5. The Balaban J connectivity index is 0.00000320. The Kier molecular flexibility index (Phi) is 8.90. The molecule has 2 heterocycles. The highest BCUT2D eigenvalue weighted by atomic mass is 35.5. The van der Waals surface area contributed by atoms with Gasteiger partial charge < -0.3 is 24.3 Å². The smallest absolute Gasteiger partial charge is 0.204 e. The van der Waals surface area contributed by atoms with Crippen molar-refractivity contribution in [2.45, 2.75) is 31.8 Å². The van der Waals surface area contributed by atoms with E-state index in [-0.39, 0.29) is 18.2 Å². The van der Waals surface area contributed by atoms with Crippen LogP contribution in [0.15, 0.2) is 66.7 Å². The van der Waals surface area contributed by atoms with Crippen LogP contribution < -0.4 is 14.8 Å². The zero-order chi connectivity index (χ0) is 24.9. The second kappa shape index (κ2) is 12.3. The molecule has 3 aromatic carbocycles. The molecule has 37 heavy (non-hydrogen) atoms. The molecule has 1 aromatic heterocycles. The van der Waals surface area contributed by atoms with E-state index in [0.717, 1.165) is 72.9 Å². The number of nitrogens with one attached hydrogen (secondary N) is 1. The SMILES string of the molecule is COc1ccc(CCN2CCC(Nc3nc4ccccc4n3Cc3ccc(F)cc3)CC2)c(OC)c1.Cl. The molecule has 4 aromatic rings. The van der Waals surface area contributed by atoms with E-state index < -0.39 is 0 Å². The monoisotopic (exact) mass is 524 g/mol. The largest absolute Gasteiger partial charge is 0.497 e. The average Bonchev–Trinajstić information content (AvgIpc) is 3.26. The highest BCUT2D eigenvalue weighted by Gasteiger charge is 2.22. The lowest BCUT2D eigenvalue weighted by Crippen LogP contribution is -2.40. The van der Waals surface area contributed by atoms with E-state index in [1.165, 1.54) is 17.7 Å². The molecule has 1 saturated heterocycles. The Hall–Kier alpha value is -3.29. The maximum atomic E-state index is 13.4.